The Bertz CT molecular complexity index is 1250. The maximum atomic E-state index is 14.5. The molecule has 0 aliphatic carbocycles. The molecule has 2 aliphatic heterocycles. The first kappa shape index (κ1) is 21.9. The van der Waals surface area contributed by atoms with Crippen molar-refractivity contribution in [2.24, 2.45) is 5.92 Å². The Balaban J connectivity index is 1.47. The number of benzene rings is 3. The summed E-state index contributed by atoms with van der Waals surface area (Å²) in [5.74, 6) is -1.01. The smallest absolute Gasteiger partial charge is 0.282 e. The molecule has 1 N–H and O–H groups in total. The van der Waals surface area contributed by atoms with E-state index in [1.165, 1.54) is 31.0 Å². The van der Waals surface area contributed by atoms with E-state index in [2.05, 4.69) is 17.1 Å². The largest absolute Gasteiger partial charge is 0.372 e. The average Bonchev–Trinajstić information content (AvgIpc) is 3.10. The number of imide groups is 1. The standard InChI is InChI=1S/C28H26FN3O2/c1-19-15-17-31(18-16-19)22-13-11-21(12-14-22)30-26-25(20-7-3-2-4-8-20)27(33)32(28(26)34)24-10-6-5-9-23(24)29/h2-14,19,30H,15-18H2,1H3. The molecule has 3 aromatic carbocycles. The lowest BCUT2D eigenvalue weighted by Gasteiger charge is -2.32. The molecule has 3 aromatic rings. The quantitative estimate of drug-likeness (QED) is 0.519. The molecule has 5 nitrogen and oxygen atoms in total. The first-order chi connectivity index (χ1) is 16.5. The van der Waals surface area contributed by atoms with Gasteiger partial charge < -0.3 is 10.2 Å². The van der Waals surface area contributed by atoms with E-state index in [9.17, 15) is 14.0 Å². The first-order valence-corrected chi connectivity index (χ1v) is 11.6. The maximum absolute atomic E-state index is 14.5. The minimum absolute atomic E-state index is 0.0580. The van der Waals surface area contributed by atoms with Crippen molar-refractivity contribution in [1.29, 1.82) is 0 Å². The lowest BCUT2D eigenvalue weighted by Crippen LogP contribution is -2.33. The van der Waals surface area contributed by atoms with Gasteiger partial charge in [0.25, 0.3) is 11.8 Å². The Morgan fingerprint density at radius 3 is 2.15 bits per heavy atom. The molecule has 6 heteroatoms. The third-order valence-corrected chi connectivity index (χ3v) is 6.53. The number of rotatable bonds is 5. The van der Waals surface area contributed by atoms with Crippen molar-refractivity contribution in [3.63, 3.8) is 0 Å². The molecule has 5 rings (SSSR count). The molecule has 0 aromatic heterocycles. The summed E-state index contributed by atoms with van der Waals surface area (Å²) in [6, 6.07) is 22.7. The van der Waals surface area contributed by atoms with Crippen LogP contribution in [0.3, 0.4) is 0 Å². The van der Waals surface area contributed by atoms with E-state index in [0.717, 1.165) is 29.6 Å². The van der Waals surface area contributed by atoms with Crippen LogP contribution < -0.4 is 15.1 Å². The first-order valence-electron chi connectivity index (χ1n) is 11.6. The van der Waals surface area contributed by atoms with Crippen LogP contribution in [0, 0.1) is 11.7 Å². The lowest BCUT2D eigenvalue weighted by atomic mass is 9.99. The van der Waals surface area contributed by atoms with Gasteiger partial charge in [0.05, 0.1) is 11.3 Å². The Labute approximate surface area is 198 Å². The normalized spacial score (nSPS) is 17.0. The van der Waals surface area contributed by atoms with E-state index in [1.807, 2.05) is 30.3 Å². The molecule has 2 amide bonds. The van der Waals surface area contributed by atoms with Gasteiger partial charge >= 0.3 is 0 Å². The molecule has 0 radical (unpaired) electrons. The molecule has 0 bridgehead atoms. The zero-order valence-electron chi connectivity index (χ0n) is 19.0. The summed E-state index contributed by atoms with van der Waals surface area (Å²) in [6.45, 7) is 4.34. The monoisotopic (exact) mass is 455 g/mol. The number of hydrogen-bond acceptors (Lipinski definition) is 4. The van der Waals surface area contributed by atoms with Crippen LogP contribution in [0.1, 0.15) is 25.3 Å². The number of para-hydroxylation sites is 1. The highest BCUT2D eigenvalue weighted by Crippen LogP contribution is 2.35. The fourth-order valence-corrected chi connectivity index (χ4v) is 4.54. The van der Waals surface area contributed by atoms with Crippen LogP contribution in [-0.2, 0) is 9.59 Å². The van der Waals surface area contributed by atoms with Gasteiger partial charge in [-0.15, -0.1) is 0 Å². The predicted octanol–water partition coefficient (Wildman–Crippen LogP) is 5.46. The van der Waals surface area contributed by atoms with Gasteiger partial charge in [0.2, 0.25) is 0 Å². The SMILES string of the molecule is CC1CCN(c2ccc(NC3=C(c4ccccc4)C(=O)N(c4ccccc4F)C3=O)cc2)CC1. The lowest BCUT2D eigenvalue weighted by molar-refractivity contribution is -0.120. The molecule has 34 heavy (non-hydrogen) atoms. The van der Waals surface area contributed by atoms with Gasteiger partial charge in [-0.1, -0.05) is 49.4 Å². The molecular formula is C28H26FN3O2. The zero-order chi connectivity index (χ0) is 23.7. The van der Waals surface area contributed by atoms with E-state index in [1.54, 1.807) is 30.3 Å². The highest BCUT2D eigenvalue weighted by Gasteiger charge is 2.41. The minimum Gasteiger partial charge on any atom is -0.372 e. The molecule has 2 heterocycles. The number of amides is 2. The van der Waals surface area contributed by atoms with Gasteiger partial charge in [0.15, 0.2) is 0 Å². The second kappa shape index (κ2) is 9.14. The van der Waals surface area contributed by atoms with Crippen molar-refractivity contribution in [2.75, 3.05) is 28.2 Å². The van der Waals surface area contributed by atoms with Crippen molar-refractivity contribution in [3.8, 4) is 0 Å². The molecule has 2 aliphatic rings. The summed E-state index contributed by atoms with van der Waals surface area (Å²) in [7, 11) is 0. The molecular weight excluding hydrogens is 429 g/mol. The number of piperidine rings is 1. The molecule has 1 fully saturated rings. The van der Waals surface area contributed by atoms with E-state index in [4.69, 9.17) is 0 Å². The van der Waals surface area contributed by atoms with Crippen LogP contribution in [0.15, 0.2) is 84.6 Å². The van der Waals surface area contributed by atoms with Crippen molar-refractivity contribution in [1.82, 2.24) is 0 Å². The van der Waals surface area contributed by atoms with E-state index in [-0.39, 0.29) is 17.0 Å². The summed E-state index contributed by atoms with van der Waals surface area (Å²) >= 11 is 0. The van der Waals surface area contributed by atoms with Gasteiger partial charge in [-0.25, -0.2) is 9.29 Å². The maximum Gasteiger partial charge on any atom is 0.282 e. The van der Waals surface area contributed by atoms with Crippen molar-refractivity contribution >= 4 is 34.4 Å². The number of hydrogen-bond donors (Lipinski definition) is 1. The van der Waals surface area contributed by atoms with Gasteiger partial charge in [-0.05, 0) is 60.7 Å². The average molecular weight is 456 g/mol. The number of nitrogens with one attached hydrogen (secondary N) is 1. The Hall–Kier alpha value is -3.93. The van der Waals surface area contributed by atoms with E-state index < -0.39 is 17.6 Å². The second-order valence-electron chi connectivity index (χ2n) is 8.85. The number of halogens is 1. The summed E-state index contributed by atoms with van der Waals surface area (Å²) in [4.78, 5) is 30.1. The highest BCUT2D eigenvalue weighted by molar-refractivity contribution is 6.46. The van der Waals surface area contributed by atoms with Crippen LogP contribution in [0.5, 0.6) is 0 Å². The summed E-state index contributed by atoms with van der Waals surface area (Å²) in [5.41, 5.74) is 2.73. The van der Waals surface area contributed by atoms with E-state index >= 15 is 0 Å². The third kappa shape index (κ3) is 4.07. The highest BCUT2D eigenvalue weighted by atomic mass is 19.1. The van der Waals surface area contributed by atoms with Crippen LogP contribution in [0.25, 0.3) is 5.57 Å². The van der Waals surface area contributed by atoms with Gasteiger partial charge in [0.1, 0.15) is 11.5 Å². The topological polar surface area (TPSA) is 52.7 Å². The number of anilines is 3. The van der Waals surface area contributed by atoms with E-state index in [0.29, 0.717) is 11.3 Å². The third-order valence-electron chi connectivity index (χ3n) is 6.53. The van der Waals surface area contributed by atoms with Crippen molar-refractivity contribution < 1.29 is 14.0 Å². The number of nitrogens with zero attached hydrogens (tertiary/aromatic N) is 2. The van der Waals surface area contributed by atoms with Crippen LogP contribution in [0.2, 0.25) is 0 Å². The van der Waals surface area contributed by atoms with Gasteiger partial charge in [-0.3, -0.25) is 9.59 Å². The molecule has 0 atom stereocenters. The zero-order valence-corrected chi connectivity index (χ0v) is 19.0. The van der Waals surface area contributed by atoms with Crippen LogP contribution >= 0.6 is 0 Å². The summed E-state index contributed by atoms with van der Waals surface area (Å²) in [5, 5.41) is 3.15. The summed E-state index contributed by atoms with van der Waals surface area (Å²) in [6.07, 6.45) is 2.35. The van der Waals surface area contributed by atoms with Crippen LogP contribution in [0.4, 0.5) is 21.5 Å². The number of carbonyl (C=O) groups excluding carboxylic acids is 2. The number of carbonyl (C=O) groups is 2. The van der Waals surface area contributed by atoms with Gasteiger partial charge in [0, 0.05) is 24.5 Å². The summed E-state index contributed by atoms with van der Waals surface area (Å²) < 4.78 is 14.5. The predicted molar refractivity (Wildman–Crippen MR) is 133 cm³/mol. The van der Waals surface area contributed by atoms with Crippen LogP contribution in [-0.4, -0.2) is 24.9 Å². The van der Waals surface area contributed by atoms with Gasteiger partial charge in [-0.2, -0.15) is 0 Å². The molecule has 1 saturated heterocycles. The minimum atomic E-state index is -0.627. The Morgan fingerprint density at radius 2 is 1.47 bits per heavy atom. The molecule has 172 valence electrons. The fraction of sp³-hybridized carbons (Fsp3) is 0.214. The second-order valence-corrected chi connectivity index (χ2v) is 8.85. The molecule has 0 spiro atoms. The van der Waals surface area contributed by atoms with Crippen molar-refractivity contribution in [2.45, 2.75) is 19.8 Å². The molecule has 0 saturated carbocycles. The Morgan fingerprint density at radius 1 is 0.824 bits per heavy atom. The fourth-order valence-electron chi connectivity index (χ4n) is 4.54. The Kier molecular flexibility index (Phi) is 5.88. The van der Waals surface area contributed by atoms with Crippen molar-refractivity contribution in [3.05, 3.63) is 95.9 Å². The molecule has 0 unspecified atom stereocenters.